The van der Waals surface area contributed by atoms with Gasteiger partial charge in [0.15, 0.2) is 10.9 Å². The van der Waals surface area contributed by atoms with Gasteiger partial charge in [-0.3, -0.25) is 14.6 Å². The molecular weight excluding hydrogens is 425 g/mol. The molecule has 0 bridgehead atoms. The number of hydrogen-bond acceptors (Lipinski definition) is 5. The van der Waals surface area contributed by atoms with E-state index in [1.165, 1.54) is 12.1 Å². The predicted octanol–water partition coefficient (Wildman–Crippen LogP) is 5.52. The molecule has 1 aromatic carbocycles. The number of benzene rings is 1. The first kappa shape index (κ1) is 23.9. The van der Waals surface area contributed by atoms with Gasteiger partial charge in [0.1, 0.15) is 5.82 Å². The van der Waals surface area contributed by atoms with Gasteiger partial charge in [-0.05, 0) is 55.7 Å². The summed E-state index contributed by atoms with van der Waals surface area (Å²) in [5.74, 6) is 0.630. The zero-order valence-electron chi connectivity index (χ0n) is 18.3. The molecule has 3 rings (SSSR count). The number of thioether (sulfide) groups is 1. The molecule has 0 spiro atoms. The Bertz CT molecular complexity index is 1070. The van der Waals surface area contributed by atoms with E-state index in [4.69, 9.17) is 0 Å². The third-order valence-corrected chi connectivity index (χ3v) is 6.14. The summed E-state index contributed by atoms with van der Waals surface area (Å²) in [5, 5.41) is 0.644. The lowest BCUT2D eigenvalue weighted by Crippen LogP contribution is -2.14. The molecular formula is C25H28FN3O2S. The van der Waals surface area contributed by atoms with Crippen molar-refractivity contribution in [3.8, 4) is 0 Å². The lowest BCUT2D eigenvalue weighted by atomic mass is 10.0. The minimum absolute atomic E-state index is 0.0673. The number of nitrogens with zero attached hydrogens (tertiary/aromatic N) is 2. The highest BCUT2D eigenvalue weighted by Gasteiger charge is 2.07. The lowest BCUT2D eigenvalue weighted by molar-refractivity contribution is 0.0979. The van der Waals surface area contributed by atoms with Crippen molar-refractivity contribution in [2.24, 2.45) is 0 Å². The van der Waals surface area contributed by atoms with Gasteiger partial charge in [0.25, 0.3) is 5.56 Å². The van der Waals surface area contributed by atoms with Gasteiger partial charge in [0, 0.05) is 47.8 Å². The second-order valence-electron chi connectivity index (χ2n) is 7.82. The number of aromatic amines is 1. The van der Waals surface area contributed by atoms with Gasteiger partial charge < -0.3 is 4.98 Å². The quantitative estimate of drug-likeness (QED) is 0.169. The molecule has 0 saturated heterocycles. The number of rotatable bonds is 12. The van der Waals surface area contributed by atoms with Gasteiger partial charge in [0.05, 0.1) is 0 Å². The SMILES string of the molecule is Cc1ccc(Cc2cnc(SCCCCCCCC(=O)c3ccc(F)cc3)[nH]c2=O)cn1. The molecule has 2 heterocycles. The zero-order chi connectivity index (χ0) is 22.8. The summed E-state index contributed by atoms with van der Waals surface area (Å²) < 4.78 is 12.9. The van der Waals surface area contributed by atoms with Gasteiger partial charge in [-0.15, -0.1) is 0 Å². The molecule has 168 valence electrons. The van der Waals surface area contributed by atoms with E-state index in [0.29, 0.717) is 29.1 Å². The Morgan fingerprint density at radius 3 is 2.44 bits per heavy atom. The first-order valence-corrected chi connectivity index (χ1v) is 11.9. The van der Waals surface area contributed by atoms with E-state index in [9.17, 15) is 14.0 Å². The maximum Gasteiger partial charge on any atom is 0.255 e. The predicted molar refractivity (Wildman–Crippen MR) is 126 cm³/mol. The van der Waals surface area contributed by atoms with Crippen LogP contribution in [0.25, 0.3) is 0 Å². The fourth-order valence-electron chi connectivity index (χ4n) is 3.29. The monoisotopic (exact) mass is 453 g/mol. The highest BCUT2D eigenvalue weighted by Crippen LogP contribution is 2.16. The molecule has 0 unspecified atom stereocenters. The van der Waals surface area contributed by atoms with Crippen molar-refractivity contribution in [3.63, 3.8) is 0 Å². The van der Waals surface area contributed by atoms with Crippen molar-refractivity contribution < 1.29 is 9.18 Å². The van der Waals surface area contributed by atoms with Gasteiger partial charge >= 0.3 is 0 Å². The Balaban J connectivity index is 1.29. The van der Waals surface area contributed by atoms with Gasteiger partial charge in [-0.1, -0.05) is 37.1 Å². The van der Waals surface area contributed by atoms with E-state index in [0.717, 1.165) is 49.1 Å². The number of halogens is 1. The number of ketones is 1. The zero-order valence-corrected chi connectivity index (χ0v) is 19.1. The number of pyridine rings is 1. The standard InChI is InChI=1S/C25H28FN3O2S/c1-18-8-9-19(16-27-18)15-21-17-28-25(29-24(21)31)32-14-6-4-2-3-5-7-23(30)20-10-12-22(26)13-11-20/h8-13,16-17H,2-7,14-15H2,1H3,(H,28,29,31). The van der Waals surface area contributed by atoms with Gasteiger partial charge in [0.2, 0.25) is 0 Å². The molecule has 2 aromatic heterocycles. The lowest BCUT2D eigenvalue weighted by Gasteiger charge is -2.04. The maximum atomic E-state index is 12.9. The topological polar surface area (TPSA) is 75.7 Å². The second-order valence-corrected chi connectivity index (χ2v) is 8.91. The Morgan fingerprint density at radius 2 is 1.72 bits per heavy atom. The molecule has 1 N–H and O–H groups in total. The molecule has 0 radical (unpaired) electrons. The average molecular weight is 454 g/mol. The van der Waals surface area contributed by atoms with E-state index in [1.54, 1.807) is 36.3 Å². The van der Waals surface area contributed by atoms with Crippen LogP contribution < -0.4 is 5.56 Å². The minimum Gasteiger partial charge on any atom is -0.301 e. The molecule has 0 amide bonds. The van der Waals surface area contributed by atoms with Crippen LogP contribution in [0.1, 0.15) is 65.7 Å². The summed E-state index contributed by atoms with van der Waals surface area (Å²) in [6.07, 6.45) is 9.45. The van der Waals surface area contributed by atoms with E-state index >= 15 is 0 Å². The summed E-state index contributed by atoms with van der Waals surface area (Å²) >= 11 is 1.55. The summed E-state index contributed by atoms with van der Waals surface area (Å²) in [6.45, 7) is 1.93. The van der Waals surface area contributed by atoms with Crippen molar-refractivity contribution in [1.82, 2.24) is 15.0 Å². The van der Waals surface area contributed by atoms with Crippen LogP contribution in [0.15, 0.2) is 58.7 Å². The number of carbonyl (C=O) groups excluding carboxylic acids is 1. The molecule has 32 heavy (non-hydrogen) atoms. The second kappa shape index (κ2) is 12.3. The third-order valence-electron chi connectivity index (χ3n) is 5.17. The van der Waals surface area contributed by atoms with Crippen LogP contribution in [0.4, 0.5) is 4.39 Å². The van der Waals surface area contributed by atoms with Crippen LogP contribution in [0.5, 0.6) is 0 Å². The van der Waals surface area contributed by atoms with Crippen LogP contribution in [-0.4, -0.2) is 26.5 Å². The summed E-state index contributed by atoms with van der Waals surface area (Å²) in [4.78, 5) is 35.9. The van der Waals surface area contributed by atoms with Crippen LogP contribution >= 0.6 is 11.8 Å². The Hall–Kier alpha value is -2.80. The van der Waals surface area contributed by atoms with Crippen molar-refractivity contribution in [2.75, 3.05) is 5.75 Å². The minimum atomic E-state index is -0.325. The molecule has 0 aliphatic rings. The molecule has 0 aliphatic carbocycles. The van der Waals surface area contributed by atoms with E-state index in [2.05, 4.69) is 15.0 Å². The summed E-state index contributed by atoms with van der Waals surface area (Å²) in [5.41, 5.74) is 3.05. The molecule has 0 atom stereocenters. The fourth-order valence-corrected chi connectivity index (χ4v) is 4.13. The van der Waals surface area contributed by atoms with Crippen LogP contribution in [-0.2, 0) is 6.42 Å². The molecule has 3 aromatic rings. The normalized spacial score (nSPS) is 10.9. The van der Waals surface area contributed by atoms with Crippen LogP contribution in [0, 0.1) is 12.7 Å². The Labute approximate surface area is 191 Å². The number of unbranched alkanes of at least 4 members (excludes halogenated alkanes) is 4. The smallest absolute Gasteiger partial charge is 0.255 e. The maximum absolute atomic E-state index is 12.9. The Kier molecular flexibility index (Phi) is 9.16. The number of Topliss-reactive ketones (excluding diaryl/α,β-unsaturated/α-hetero) is 1. The number of nitrogens with one attached hydrogen (secondary N) is 1. The highest BCUT2D eigenvalue weighted by atomic mass is 32.2. The number of aryl methyl sites for hydroxylation is 1. The molecule has 0 saturated carbocycles. The molecule has 0 fully saturated rings. The fraction of sp³-hybridized carbons (Fsp3) is 0.360. The highest BCUT2D eigenvalue weighted by molar-refractivity contribution is 7.99. The van der Waals surface area contributed by atoms with Crippen molar-refractivity contribution in [3.05, 3.63) is 87.3 Å². The largest absolute Gasteiger partial charge is 0.301 e. The van der Waals surface area contributed by atoms with E-state index in [1.807, 2.05) is 19.1 Å². The van der Waals surface area contributed by atoms with Crippen molar-refractivity contribution in [2.45, 2.75) is 57.0 Å². The first-order valence-electron chi connectivity index (χ1n) is 10.9. The van der Waals surface area contributed by atoms with Gasteiger partial charge in [-0.2, -0.15) is 0 Å². The number of hydrogen-bond donors (Lipinski definition) is 1. The molecule has 7 heteroatoms. The van der Waals surface area contributed by atoms with Crippen molar-refractivity contribution in [1.29, 1.82) is 0 Å². The Morgan fingerprint density at radius 1 is 0.969 bits per heavy atom. The summed E-state index contributed by atoms with van der Waals surface area (Å²) in [7, 11) is 0. The van der Waals surface area contributed by atoms with Crippen LogP contribution in [0.2, 0.25) is 0 Å². The summed E-state index contributed by atoms with van der Waals surface area (Å²) in [6, 6.07) is 9.64. The van der Waals surface area contributed by atoms with Crippen LogP contribution in [0.3, 0.4) is 0 Å². The number of H-pyrrole nitrogens is 1. The van der Waals surface area contributed by atoms with E-state index in [-0.39, 0.29) is 17.2 Å². The number of aromatic nitrogens is 3. The van der Waals surface area contributed by atoms with Crippen molar-refractivity contribution >= 4 is 17.5 Å². The van der Waals surface area contributed by atoms with Gasteiger partial charge in [-0.25, -0.2) is 9.37 Å². The third kappa shape index (κ3) is 7.71. The molecule has 5 nitrogen and oxygen atoms in total. The number of carbonyl (C=O) groups is 1. The molecule has 0 aliphatic heterocycles. The first-order chi connectivity index (χ1) is 15.5. The average Bonchev–Trinajstić information content (AvgIpc) is 2.79. The van der Waals surface area contributed by atoms with E-state index < -0.39 is 0 Å².